The van der Waals surface area contributed by atoms with Gasteiger partial charge in [0.1, 0.15) is 5.82 Å². The number of hydrogen-bond acceptors (Lipinski definition) is 3. The van der Waals surface area contributed by atoms with Crippen LogP contribution in [-0.4, -0.2) is 54.2 Å². The fraction of sp³-hybridized carbons (Fsp3) is 0.438. The maximum Gasteiger partial charge on any atom is 0.228 e. The first kappa shape index (κ1) is 16.7. The van der Waals surface area contributed by atoms with Crippen LogP contribution in [0.2, 0.25) is 5.02 Å². The maximum atomic E-state index is 13.1. The van der Waals surface area contributed by atoms with E-state index in [4.69, 9.17) is 11.6 Å². The first-order valence-electron chi connectivity index (χ1n) is 7.73. The van der Waals surface area contributed by atoms with Crippen molar-refractivity contribution in [1.82, 2.24) is 9.80 Å². The summed E-state index contributed by atoms with van der Waals surface area (Å²) in [6, 6.07) is 3.95. The molecule has 1 saturated carbocycles. The second kappa shape index (κ2) is 6.76. The lowest BCUT2D eigenvalue weighted by molar-refractivity contribution is -0.137. The van der Waals surface area contributed by atoms with Gasteiger partial charge in [0.25, 0.3) is 0 Å². The largest absolute Gasteiger partial charge is 0.342 e. The van der Waals surface area contributed by atoms with Crippen molar-refractivity contribution in [2.75, 3.05) is 31.5 Å². The number of nitrogens with one attached hydrogen (secondary N) is 1. The van der Waals surface area contributed by atoms with Crippen molar-refractivity contribution in [2.24, 2.45) is 11.8 Å². The molecule has 0 radical (unpaired) electrons. The molecule has 2 aliphatic rings. The molecular weight excluding hydrogens is 337 g/mol. The smallest absolute Gasteiger partial charge is 0.228 e. The molecule has 1 aromatic rings. The highest BCUT2D eigenvalue weighted by molar-refractivity contribution is 6.31. The van der Waals surface area contributed by atoms with E-state index in [9.17, 15) is 18.8 Å². The fourth-order valence-electron chi connectivity index (χ4n) is 2.85. The Balaban J connectivity index is 1.52. The molecule has 1 heterocycles. The van der Waals surface area contributed by atoms with Crippen molar-refractivity contribution in [3.8, 4) is 0 Å². The molecule has 2 atom stereocenters. The lowest BCUT2D eigenvalue weighted by Crippen LogP contribution is -2.48. The van der Waals surface area contributed by atoms with Gasteiger partial charge in [-0.3, -0.25) is 14.4 Å². The topological polar surface area (TPSA) is 69.7 Å². The minimum absolute atomic E-state index is 0.0437. The third kappa shape index (κ3) is 3.51. The van der Waals surface area contributed by atoms with E-state index in [1.54, 1.807) is 9.80 Å². The molecule has 1 N–H and O–H groups in total. The van der Waals surface area contributed by atoms with E-state index in [2.05, 4.69) is 5.32 Å². The molecule has 0 bridgehead atoms. The zero-order valence-electron chi connectivity index (χ0n) is 12.9. The van der Waals surface area contributed by atoms with Gasteiger partial charge in [-0.15, -0.1) is 0 Å². The minimum Gasteiger partial charge on any atom is -0.342 e. The predicted octanol–water partition coefficient (Wildman–Crippen LogP) is 1.35. The molecule has 2 unspecified atom stereocenters. The molecule has 1 aliphatic carbocycles. The molecule has 3 amide bonds. The summed E-state index contributed by atoms with van der Waals surface area (Å²) in [6.07, 6.45) is 1.29. The monoisotopic (exact) mass is 353 g/mol. The Morgan fingerprint density at radius 1 is 1.21 bits per heavy atom. The van der Waals surface area contributed by atoms with Crippen LogP contribution in [0.5, 0.6) is 0 Å². The molecule has 8 heteroatoms. The number of anilines is 1. The molecule has 3 rings (SSSR count). The molecular formula is C16H17ClFN3O3. The first-order valence-corrected chi connectivity index (χ1v) is 8.11. The van der Waals surface area contributed by atoms with Gasteiger partial charge in [0.2, 0.25) is 18.2 Å². The second-order valence-corrected chi connectivity index (χ2v) is 6.44. The van der Waals surface area contributed by atoms with Crippen LogP contribution in [0.4, 0.5) is 10.1 Å². The van der Waals surface area contributed by atoms with Crippen molar-refractivity contribution < 1.29 is 18.8 Å². The summed E-state index contributed by atoms with van der Waals surface area (Å²) >= 11 is 5.68. The summed E-state index contributed by atoms with van der Waals surface area (Å²) in [7, 11) is 0. The average molecular weight is 354 g/mol. The molecule has 2 fully saturated rings. The van der Waals surface area contributed by atoms with Crippen LogP contribution in [0.3, 0.4) is 0 Å². The van der Waals surface area contributed by atoms with Gasteiger partial charge in [-0.2, -0.15) is 0 Å². The van der Waals surface area contributed by atoms with Gasteiger partial charge in [-0.1, -0.05) is 11.6 Å². The van der Waals surface area contributed by atoms with E-state index in [1.807, 2.05) is 0 Å². The second-order valence-electron chi connectivity index (χ2n) is 6.03. The van der Waals surface area contributed by atoms with Crippen molar-refractivity contribution in [2.45, 2.75) is 6.42 Å². The van der Waals surface area contributed by atoms with Crippen molar-refractivity contribution in [3.05, 3.63) is 29.0 Å². The van der Waals surface area contributed by atoms with Gasteiger partial charge in [-0.25, -0.2) is 4.39 Å². The highest BCUT2D eigenvalue weighted by Crippen LogP contribution is 2.41. The van der Waals surface area contributed by atoms with Crippen LogP contribution in [-0.2, 0) is 14.4 Å². The number of piperazine rings is 1. The normalized spacial score (nSPS) is 22.9. The summed E-state index contributed by atoms with van der Waals surface area (Å²) in [5.74, 6) is -1.54. The Bertz CT molecular complexity index is 677. The number of benzene rings is 1. The Kier molecular flexibility index (Phi) is 4.71. The quantitative estimate of drug-likeness (QED) is 0.831. The fourth-order valence-corrected chi connectivity index (χ4v) is 3.03. The summed E-state index contributed by atoms with van der Waals surface area (Å²) in [5, 5.41) is 2.60. The first-order chi connectivity index (χ1) is 11.5. The van der Waals surface area contributed by atoms with Crippen LogP contribution < -0.4 is 5.32 Å². The summed E-state index contributed by atoms with van der Waals surface area (Å²) in [4.78, 5) is 38.6. The summed E-state index contributed by atoms with van der Waals surface area (Å²) in [5.41, 5.74) is 0.407. The van der Waals surface area contributed by atoms with Gasteiger partial charge in [0.05, 0.1) is 16.9 Å². The highest BCUT2D eigenvalue weighted by Gasteiger charge is 2.49. The average Bonchev–Trinajstić information content (AvgIpc) is 3.38. The van der Waals surface area contributed by atoms with Gasteiger partial charge >= 0.3 is 0 Å². The number of amides is 3. The summed E-state index contributed by atoms with van der Waals surface area (Å²) in [6.45, 7) is 2.03. The highest BCUT2D eigenvalue weighted by atomic mass is 35.5. The minimum atomic E-state index is -0.552. The van der Waals surface area contributed by atoms with E-state index in [1.165, 1.54) is 18.2 Å². The molecule has 1 saturated heterocycles. The van der Waals surface area contributed by atoms with Crippen molar-refractivity contribution in [1.29, 1.82) is 0 Å². The van der Waals surface area contributed by atoms with Gasteiger partial charge in [0.15, 0.2) is 0 Å². The molecule has 6 nitrogen and oxygen atoms in total. The molecule has 0 aromatic heterocycles. The standard InChI is InChI=1S/C16H17ClFN3O3/c17-13-7-10(1-2-14(13)18)19-15(23)11-8-12(11)16(24)21-5-3-20(9-22)4-6-21/h1-2,7,9,11-12H,3-6,8H2,(H,19,23). The van der Waals surface area contributed by atoms with Crippen molar-refractivity contribution in [3.63, 3.8) is 0 Å². The van der Waals surface area contributed by atoms with Crippen molar-refractivity contribution >= 4 is 35.5 Å². The molecule has 1 aliphatic heterocycles. The Labute approximate surface area is 143 Å². The van der Waals surface area contributed by atoms with E-state index < -0.39 is 5.82 Å². The number of nitrogens with zero attached hydrogens (tertiary/aromatic N) is 2. The SMILES string of the molecule is O=CN1CCN(C(=O)C2CC2C(=O)Nc2ccc(F)c(Cl)c2)CC1. The Morgan fingerprint density at radius 3 is 2.54 bits per heavy atom. The molecule has 128 valence electrons. The van der Waals surface area contributed by atoms with Gasteiger partial charge in [-0.05, 0) is 24.6 Å². The summed E-state index contributed by atoms with van der Waals surface area (Å²) < 4.78 is 13.1. The van der Waals surface area contributed by atoms with Crippen LogP contribution >= 0.6 is 11.6 Å². The van der Waals surface area contributed by atoms with Crippen LogP contribution in [0.1, 0.15) is 6.42 Å². The number of halogens is 2. The van der Waals surface area contributed by atoms with Crippen LogP contribution in [0, 0.1) is 17.7 Å². The number of carbonyl (C=O) groups is 3. The number of carbonyl (C=O) groups excluding carboxylic acids is 3. The zero-order chi connectivity index (χ0) is 17.3. The third-order valence-electron chi connectivity index (χ3n) is 4.41. The molecule has 24 heavy (non-hydrogen) atoms. The predicted molar refractivity (Wildman–Crippen MR) is 85.9 cm³/mol. The Morgan fingerprint density at radius 2 is 1.92 bits per heavy atom. The molecule has 1 aromatic carbocycles. The van der Waals surface area contributed by atoms with Gasteiger partial charge < -0.3 is 15.1 Å². The van der Waals surface area contributed by atoms with Crippen LogP contribution in [0.15, 0.2) is 18.2 Å². The number of hydrogen-bond donors (Lipinski definition) is 1. The lowest BCUT2D eigenvalue weighted by atomic mass is 10.2. The Hall–Kier alpha value is -2.15. The maximum absolute atomic E-state index is 13.1. The van der Waals surface area contributed by atoms with E-state index >= 15 is 0 Å². The van der Waals surface area contributed by atoms with E-state index in [0.29, 0.717) is 38.3 Å². The van der Waals surface area contributed by atoms with E-state index in [-0.39, 0.29) is 28.7 Å². The molecule has 0 spiro atoms. The van der Waals surface area contributed by atoms with Gasteiger partial charge in [0, 0.05) is 31.9 Å². The third-order valence-corrected chi connectivity index (χ3v) is 4.70. The van der Waals surface area contributed by atoms with E-state index in [0.717, 1.165) is 6.41 Å². The zero-order valence-corrected chi connectivity index (χ0v) is 13.6. The number of rotatable bonds is 4. The lowest BCUT2D eigenvalue weighted by Gasteiger charge is -2.32. The van der Waals surface area contributed by atoms with Crippen LogP contribution in [0.25, 0.3) is 0 Å².